The van der Waals surface area contributed by atoms with Gasteiger partial charge in [0, 0.05) is 17.0 Å². The number of hydrogen-bond donors (Lipinski definition) is 1. The fourth-order valence-electron chi connectivity index (χ4n) is 1.60. The van der Waals surface area contributed by atoms with Crippen LogP contribution in [0.1, 0.15) is 19.2 Å². The lowest BCUT2D eigenvalue weighted by molar-refractivity contribution is -0.153. The van der Waals surface area contributed by atoms with Gasteiger partial charge >= 0.3 is 5.97 Å². The van der Waals surface area contributed by atoms with Gasteiger partial charge in [-0.15, -0.1) is 0 Å². The summed E-state index contributed by atoms with van der Waals surface area (Å²) in [5.74, 6) is -0.548. The molecular weight excluding hydrogens is 310 g/mol. The summed E-state index contributed by atoms with van der Waals surface area (Å²) in [6.07, 6.45) is -0.732. The molecule has 1 heterocycles. The fourth-order valence-corrected chi connectivity index (χ4v) is 1.72. The largest absolute Gasteiger partial charge is 0.453 e. The second kappa shape index (κ2) is 7.04. The number of primary amides is 1. The second-order valence-corrected chi connectivity index (χ2v) is 4.99. The van der Waals surface area contributed by atoms with Crippen LogP contribution in [-0.4, -0.2) is 28.1 Å². The Labute approximate surface area is 131 Å². The Bertz CT molecular complexity index is 669. The normalized spacial score (nSPS) is 11.9. The first kappa shape index (κ1) is 16.0. The van der Waals surface area contributed by atoms with E-state index in [9.17, 15) is 9.59 Å². The molecule has 2 aromatic rings. The highest BCUT2D eigenvalue weighted by atomic mass is 35.5. The number of aromatic nitrogens is 2. The van der Waals surface area contributed by atoms with E-state index in [1.165, 1.54) is 6.92 Å². The van der Waals surface area contributed by atoms with E-state index in [0.717, 1.165) is 5.56 Å². The molecule has 0 aliphatic rings. The van der Waals surface area contributed by atoms with Gasteiger partial charge in [0.1, 0.15) is 0 Å². The third-order valence-electron chi connectivity index (χ3n) is 2.82. The van der Waals surface area contributed by atoms with Gasteiger partial charge < -0.3 is 15.0 Å². The standard InChI is InChI=1S/C14H14ClN3O4/c1-8(13(16)20)21-12(19)7-6-11-17-14(18-22-11)9-2-4-10(15)5-3-9/h2-5,8H,6-7H2,1H3,(H2,16,20)/t8-/m0/s1. The summed E-state index contributed by atoms with van der Waals surface area (Å²) in [6, 6.07) is 6.96. The maximum absolute atomic E-state index is 11.5. The Morgan fingerprint density at radius 3 is 2.68 bits per heavy atom. The molecule has 0 saturated carbocycles. The van der Waals surface area contributed by atoms with E-state index in [2.05, 4.69) is 10.1 Å². The Morgan fingerprint density at radius 1 is 1.36 bits per heavy atom. The third-order valence-corrected chi connectivity index (χ3v) is 3.07. The number of nitrogens with zero attached hydrogens (tertiary/aromatic N) is 2. The number of rotatable bonds is 6. The molecule has 0 radical (unpaired) electrons. The highest BCUT2D eigenvalue weighted by molar-refractivity contribution is 6.30. The number of esters is 1. The maximum atomic E-state index is 11.5. The van der Waals surface area contributed by atoms with Crippen LogP contribution in [0.25, 0.3) is 11.4 Å². The first-order valence-corrected chi connectivity index (χ1v) is 6.91. The molecule has 0 aliphatic heterocycles. The number of carbonyl (C=O) groups is 2. The summed E-state index contributed by atoms with van der Waals surface area (Å²) in [4.78, 5) is 26.5. The van der Waals surface area contributed by atoms with E-state index >= 15 is 0 Å². The van der Waals surface area contributed by atoms with Crippen molar-refractivity contribution >= 4 is 23.5 Å². The summed E-state index contributed by atoms with van der Waals surface area (Å²) >= 11 is 5.80. The Kier molecular flexibility index (Phi) is 5.11. The van der Waals surface area contributed by atoms with Crippen molar-refractivity contribution in [2.45, 2.75) is 25.9 Å². The van der Waals surface area contributed by atoms with E-state index in [4.69, 9.17) is 26.6 Å². The molecule has 116 valence electrons. The molecule has 1 amide bonds. The van der Waals surface area contributed by atoms with E-state index in [0.29, 0.717) is 16.7 Å². The molecule has 2 N–H and O–H groups in total. The molecule has 1 aromatic carbocycles. The van der Waals surface area contributed by atoms with Gasteiger partial charge in [-0.05, 0) is 31.2 Å². The van der Waals surface area contributed by atoms with Gasteiger partial charge in [-0.3, -0.25) is 9.59 Å². The van der Waals surface area contributed by atoms with Crippen LogP contribution in [0.2, 0.25) is 5.02 Å². The van der Waals surface area contributed by atoms with E-state index in [1.54, 1.807) is 24.3 Å². The van der Waals surface area contributed by atoms with E-state index < -0.39 is 18.0 Å². The zero-order chi connectivity index (χ0) is 16.1. The number of amides is 1. The zero-order valence-electron chi connectivity index (χ0n) is 11.8. The molecule has 1 aromatic heterocycles. The van der Waals surface area contributed by atoms with Crippen LogP contribution >= 0.6 is 11.6 Å². The summed E-state index contributed by atoms with van der Waals surface area (Å²) < 4.78 is 9.88. The molecule has 0 fully saturated rings. The fraction of sp³-hybridized carbons (Fsp3) is 0.286. The van der Waals surface area contributed by atoms with Crippen LogP contribution in [0.3, 0.4) is 0 Å². The minimum atomic E-state index is -0.959. The number of hydrogen-bond acceptors (Lipinski definition) is 6. The Balaban J connectivity index is 1.91. The number of carbonyl (C=O) groups excluding carboxylic acids is 2. The average Bonchev–Trinajstić information content (AvgIpc) is 2.94. The lowest BCUT2D eigenvalue weighted by Gasteiger charge is -2.08. The molecule has 0 bridgehead atoms. The van der Waals surface area contributed by atoms with Crippen molar-refractivity contribution in [2.24, 2.45) is 5.73 Å². The molecular formula is C14H14ClN3O4. The van der Waals surface area contributed by atoms with Gasteiger partial charge in [-0.2, -0.15) is 4.98 Å². The van der Waals surface area contributed by atoms with Crippen molar-refractivity contribution in [2.75, 3.05) is 0 Å². The minimum Gasteiger partial charge on any atom is -0.453 e. The Hall–Kier alpha value is -2.41. The number of ether oxygens (including phenoxy) is 1. The molecule has 8 heteroatoms. The Morgan fingerprint density at radius 2 is 2.05 bits per heavy atom. The molecule has 22 heavy (non-hydrogen) atoms. The van der Waals surface area contributed by atoms with Gasteiger partial charge in [0.05, 0.1) is 6.42 Å². The lowest BCUT2D eigenvalue weighted by Crippen LogP contribution is -2.30. The van der Waals surface area contributed by atoms with Crippen molar-refractivity contribution in [3.8, 4) is 11.4 Å². The summed E-state index contributed by atoms with van der Waals surface area (Å²) in [6.45, 7) is 1.41. The van der Waals surface area contributed by atoms with Crippen LogP contribution in [0.4, 0.5) is 0 Å². The predicted octanol–water partition coefficient (Wildman–Crippen LogP) is 1.74. The van der Waals surface area contributed by atoms with Crippen molar-refractivity contribution in [3.63, 3.8) is 0 Å². The smallest absolute Gasteiger partial charge is 0.307 e. The lowest BCUT2D eigenvalue weighted by atomic mass is 10.2. The molecule has 0 aliphatic carbocycles. The van der Waals surface area contributed by atoms with Crippen LogP contribution in [0.15, 0.2) is 28.8 Å². The molecule has 1 atom stereocenters. The first-order chi connectivity index (χ1) is 10.5. The highest BCUT2D eigenvalue weighted by Crippen LogP contribution is 2.19. The average molecular weight is 324 g/mol. The molecule has 0 spiro atoms. The molecule has 0 unspecified atom stereocenters. The van der Waals surface area contributed by atoms with Crippen LogP contribution < -0.4 is 5.73 Å². The van der Waals surface area contributed by atoms with Crippen molar-refractivity contribution in [1.82, 2.24) is 10.1 Å². The second-order valence-electron chi connectivity index (χ2n) is 4.55. The van der Waals surface area contributed by atoms with E-state index in [-0.39, 0.29) is 12.8 Å². The summed E-state index contributed by atoms with van der Waals surface area (Å²) in [7, 11) is 0. The van der Waals surface area contributed by atoms with Gasteiger partial charge in [0.2, 0.25) is 11.7 Å². The van der Waals surface area contributed by atoms with E-state index in [1.807, 2.05) is 0 Å². The highest BCUT2D eigenvalue weighted by Gasteiger charge is 2.16. The van der Waals surface area contributed by atoms with Crippen LogP contribution in [0.5, 0.6) is 0 Å². The number of nitrogens with two attached hydrogens (primary N) is 1. The van der Waals surface area contributed by atoms with Crippen LogP contribution in [-0.2, 0) is 20.7 Å². The summed E-state index contributed by atoms with van der Waals surface area (Å²) in [5, 5.41) is 4.44. The maximum Gasteiger partial charge on any atom is 0.307 e. The SMILES string of the molecule is C[C@H](OC(=O)CCc1nc(-c2ccc(Cl)cc2)no1)C(N)=O. The minimum absolute atomic E-state index is 0.0138. The van der Waals surface area contributed by atoms with Crippen molar-refractivity contribution in [1.29, 1.82) is 0 Å². The van der Waals surface area contributed by atoms with Gasteiger partial charge in [0.15, 0.2) is 6.10 Å². The molecule has 2 rings (SSSR count). The third kappa shape index (κ3) is 4.29. The first-order valence-electron chi connectivity index (χ1n) is 6.53. The zero-order valence-corrected chi connectivity index (χ0v) is 12.5. The van der Waals surface area contributed by atoms with Crippen molar-refractivity contribution in [3.05, 3.63) is 35.2 Å². The van der Waals surface area contributed by atoms with Crippen molar-refractivity contribution < 1.29 is 18.8 Å². The van der Waals surface area contributed by atoms with Crippen LogP contribution in [0, 0.1) is 0 Å². The topological polar surface area (TPSA) is 108 Å². The predicted molar refractivity (Wildman–Crippen MR) is 77.8 cm³/mol. The summed E-state index contributed by atoms with van der Waals surface area (Å²) in [5.41, 5.74) is 5.76. The molecule has 7 nitrogen and oxygen atoms in total. The molecule has 0 saturated heterocycles. The van der Waals surface area contributed by atoms with Gasteiger partial charge in [0.25, 0.3) is 5.91 Å². The number of benzene rings is 1. The van der Waals surface area contributed by atoms with Gasteiger partial charge in [-0.1, -0.05) is 16.8 Å². The number of halogens is 1. The number of aryl methyl sites for hydroxylation is 1. The monoisotopic (exact) mass is 323 g/mol. The van der Waals surface area contributed by atoms with Gasteiger partial charge in [-0.25, -0.2) is 0 Å². The quantitative estimate of drug-likeness (QED) is 0.811.